The molecule has 224 valence electrons. The molecule has 0 radical (unpaired) electrons. The van der Waals surface area contributed by atoms with Gasteiger partial charge in [0.05, 0.1) is 0 Å². The molecule has 2 aromatic heterocycles. The first-order chi connectivity index (χ1) is 21.7. The molecule has 2 heterocycles. The lowest BCUT2D eigenvalue weighted by Crippen LogP contribution is -2.50. The maximum absolute atomic E-state index is 18.0. The molecule has 0 nitrogen and oxygen atoms in total. The highest BCUT2D eigenvalue weighted by Crippen LogP contribution is 2.70. The zero-order valence-electron chi connectivity index (χ0n) is 23.3. The van der Waals surface area contributed by atoms with Gasteiger partial charge in [0.15, 0.2) is 5.83 Å². The average Bonchev–Trinajstić information content (AvgIpc) is 3.77. The molecular weight excluding hydrogens is 623 g/mol. The Morgan fingerprint density at radius 2 is 0.778 bits per heavy atom. The zero-order chi connectivity index (χ0) is 31.4. The van der Waals surface area contributed by atoms with E-state index in [1.807, 2.05) is 0 Å². The minimum atomic E-state index is -5.19. The molecule has 4 aromatic carbocycles. The first-order valence-corrected chi connectivity index (χ1v) is 15.6. The van der Waals surface area contributed by atoms with Gasteiger partial charge < -0.3 is 0 Å². The molecule has 1 aliphatic carbocycles. The summed E-state index contributed by atoms with van der Waals surface area (Å²) in [4.78, 5) is 0.678. The molecule has 2 unspecified atom stereocenters. The van der Waals surface area contributed by atoms with Crippen molar-refractivity contribution in [3.05, 3.63) is 156 Å². The van der Waals surface area contributed by atoms with E-state index >= 15 is 26.3 Å². The third-order valence-electron chi connectivity index (χ3n) is 8.07. The lowest BCUT2D eigenvalue weighted by Gasteiger charge is -2.37. The smallest absolute Gasteiger partial charge is 0.227 e. The van der Waals surface area contributed by atoms with Crippen molar-refractivity contribution >= 4 is 22.7 Å². The highest BCUT2D eigenvalue weighted by molar-refractivity contribution is 7.19. The van der Waals surface area contributed by atoms with E-state index in [9.17, 15) is 0 Å². The molecule has 0 saturated heterocycles. The molecule has 1 aliphatic rings. The van der Waals surface area contributed by atoms with Gasteiger partial charge in [0, 0.05) is 30.6 Å². The van der Waals surface area contributed by atoms with Gasteiger partial charge >= 0.3 is 5.92 Å². The van der Waals surface area contributed by atoms with Gasteiger partial charge in [-0.15, -0.1) is 22.7 Å². The Hall–Kier alpha value is -4.40. The van der Waals surface area contributed by atoms with Crippen molar-refractivity contribution in [3.63, 3.8) is 0 Å². The third kappa shape index (κ3) is 4.34. The molecule has 8 heteroatoms. The number of rotatable bonds is 6. The van der Waals surface area contributed by atoms with Crippen molar-refractivity contribution in [2.75, 3.05) is 0 Å². The highest BCUT2D eigenvalue weighted by Gasteiger charge is 2.81. The van der Waals surface area contributed by atoms with Crippen LogP contribution in [0, 0.1) is 0 Å². The summed E-state index contributed by atoms with van der Waals surface area (Å²) in [6, 6.07) is 35.7. The number of benzene rings is 4. The summed E-state index contributed by atoms with van der Waals surface area (Å²) in [5, 5.41) is 0. The SMILES string of the molecule is FC1=C(F)C(F)(c2cc(-c3ccccc3)sc2-c2ccccc2)C(F)(c2cc(-c3ccccc3)sc2-c2ccccc2)C1(F)F. The minimum Gasteiger partial charge on any atom is -0.227 e. The van der Waals surface area contributed by atoms with Crippen LogP contribution in [0.15, 0.2) is 145 Å². The predicted octanol–water partition coefficient (Wildman–Crippen LogP) is 12.3. The van der Waals surface area contributed by atoms with Crippen LogP contribution >= 0.6 is 22.7 Å². The predicted molar refractivity (Wildman–Crippen MR) is 170 cm³/mol. The molecule has 0 fully saturated rings. The van der Waals surface area contributed by atoms with Crippen LogP contribution in [0.3, 0.4) is 0 Å². The molecule has 0 bridgehead atoms. The van der Waals surface area contributed by atoms with Gasteiger partial charge in [0.1, 0.15) is 0 Å². The second-order valence-corrected chi connectivity index (χ2v) is 12.8. The van der Waals surface area contributed by atoms with Gasteiger partial charge in [-0.05, 0) is 34.4 Å². The summed E-state index contributed by atoms with van der Waals surface area (Å²) in [5.74, 6) is -10.4. The first-order valence-electron chi connectivity index (χ1n) is 14.0. The quantitative estimate of drug-likeness (QED) is 0.158. The Balaban J connectivity index is 1.55. The van der Waals surface area contributed by atoms with Crippen LogP contribution in [0.1, 0.15) is 11.1 Å². The van der Waals surface area contributed by atoms with Crippen LogP contribution in [-0.2, 0) is 11.3 Å². The van der Waals surface area contributed by atoms with E-state index in [4.69, 9.17) is 0 Å². The molecule has 45 heavy (non-hydrogen) atoms. The number of halogens is 6. The van der Waals surface area contributed by atoms with Gasteiger partial charge in [-0.25, -0.2) is 17.6 Å². The van der Waals surface area contributed by atoms with Gasteiger partial charge in [-0.2, -0.15) is 8.78 Å². The number of allylic oxidation sites excluding steroid dienone is 2. The molecule has 0 spiro atoms. The lowest BCUT2D eigenvalue weighted by atomic mass is 9.75. The second-order valence-electron chi connectivity index (χ2n) is 10.7. The molecule has 6 aromatic rings. The van der Waals surface area contributed by atoms with Gasteiger partial charge in [-0.3, -0.25) is 0 Å². The maximum Gasteiger partial charge on any atom is 0.342 e. The number of thiophene rings is 2. The monoisotopic (exact) mass is 644 g/mol. The largest absolute Gasteiger partial charge is 0.342 e. The Morgan fingerprint density at radius 3 is 1.20 bits per heavy atom. The summed E-state index contributed by atoms with van der Waals surface area (Å²) in [6.45, 7) is 0. The standard InChI is InChI=1S/C37H22F6S2/c38-33-34(39)37(42,43)36(41,28-22-30(24-15-7-2-8-16-24)45-32(28)26-19-11-4-12-20-26)35(33,40)27-21-29(23-13-5-1-6-14-23)44-31(27)25-17-9-3-10-18-25/h1-22H. The van der Waals surface area contributed by atoms with Gasteiger partial charge in [0.25, 0.3) is 5.67 Å². The van der Waals surface area contributed by atoms with Crippen LogP contribution in [-0.4, -0.2) is 5.92 Å². The van der Waals surface area contributed by atoms with E-state index in [1.54, 1.807) is 121 Å². The number of hydrogen-bond acceptors (Lipinski definition) is 2. The van der Waals surface area contributed by atoms with Gasteiger partial charge in [-0.1, -0.05) is 121 Å². The van der Waals surface area contributed by atoms with Crippen LogP contribution in [0.2, 0.25) is 0 Å². The molecule has 7 rings (SSSR count). The Morgan fingerprint density at radius 1 is 0.422 bits per heavy atom. The number of hydrogen-bond donors (Lipinski definition) is 0. The molecular formula is C37H22F6S2. The van der Waals surface area contributed by atoms with Crippen molar-refractivity contribution in [1.82, 2.24) is 0 Å². The first kappa shape index (κ1) is 29.3. The third-order valence-corrected chi connectivity index (χ3v) is 10.5. The normalized spacial score (nSPS) is 20.9. The van der Waals surface area contributed by atoms with Crippen molar-refractivity contribution in [3.8, 4) is 41.8 Å². The molecule has 2 atom stereocenters. The summed E-state index contributed by atoms with van der Waals surface area (Å²) in [6.07, 6.45) is 0. The summed E-state index contributed by atoms with van der Waals surface area (Å²) in [5.41, 5.74) is -8.48. The number of alkyl halides is 4. The maximum atomic E-state index is 18.0. The highest BCUT2D eigenvalue weighted by atomic mass is 32.1. The van der Waals surface area contributed by atoms with Crippen LogP contribution in [0.5, 0.6) is 0 Å². The fourth-order valence-electron chi connectivity index (χ4n) is 5.86. The second kappa shape index (κ2) is 10.9. The van der Waals surface area contributed by atoms with Crippen LogP contribution in [0.25, 0.3) is 41.8 Å². The summed E-state index contributed by atoms with van der Waals surface area (Å²) < 4.78 is 100.0. The summed E-state index contributed by atoms with van der Waals surface area (Å²) in [7, 11) is 0. The Labute approximate surface area is 263 Å². The molecule has 0 saturated carbocycles. The molecule has 0 N–H and O–H groups in total. The van der Waals surface area contributed by atoms with Crippen molar-refractivity contribution in [2.45, 2.75) is 17.3 Å². The van der Waals surface area contributed by atoms with Gasteiger partial charge in [0.2, 0.25) is 11.5 Å². The van der Waals surface area contributed by atoms with E-state index in [-0.39, 0.29) is 9.75 Å². The minimum absolute atomic E-state index is 0.0133. The lowest BCUT2D eigenvalue weighted by molar-refractivity contribution is -0.171. The van der Waals surface area contributed by atoms with E-state index in [0.29, 0.717) is 32.0 Å². The van der Waals surface area contributed by atoms with Crippen molar-refractivity contribution in [2.24, 2.45) is 0 Å². The van der Waals surface area contributed by atoms with Crippen molar-refractivity contribution < 1.29 is 26.3 Å². The topological polar surface area (TPSA) is 0 Å². The van der Waals surface area contributed by atoms with E-state index in [0.717, 1.165) is 34.8 Å². The summed E-state index contributed by atoms with van der Waals surface area (Å²) >= 11 is 1.94. The van der Waals surface area contributed by atoms with E-state index < -0.39 is 40.0 Å². The zero-order valence-corrected chi connectivity index (χ0v) is 24.9. The fourth-order valence-corrected chi connectivity index (χ4v) is 8.29. The Bertz CT molecular complexity index is 2020. The average molecular weight is 645 g/mol. The molecule has 0 amide bonds. The van der Waals surface area contributed by atoms with Crippen LogP contribution in [0.4, 0.5) is 26.3 Å². The fraction of sp³-hybridized carbons (Fsp3) is 0.0811. The van der Waals surface area contributed by atoms with Crippen LogP contribution < -0.4 is 0 Å². The van der Waals surface area contributed by atoms with E-state index in [1.165, 1.54) is 0 Å². The van der Waals surface area contributed by atoms with Crippen molar-refractivity contribution in [1.29, 1.82) is 0 Å². The van der Waals surface area contributed by atoms with E-state index in [2.05, 4.69) is 0 Å². The molecule has 0 aliphatic heterocycles. The Kier molecular flexibility index (Phi) is 7.10.